The molecule has 2 saturated carbocycles. The number of hydrogen-bond acceptors (Lipinski definition) is 11. The van der Waals surface area contributed by atoms with Crippen LogP contribution in [0.3, 0.4) is 0 Å². The second kappa shape index (κ2) is 15.1. The van der Waals surface area contributed by atoms with Gasteiger partial charge in [0.1, 0.15) is 40.9 Å². The molecule has 15 nitrogen and oxygen atoms in total. The highest BCUT2D eigenvalue weighted by Gasteiger charge is 2.64. The number of nitrogens with one attached hydrogen (secondary N) is 3. The maximum atomic E-state index is 14.8. The molecule has 304 valence electrons. The van der Waals surface area contributed by atoms with Gasteiger partial charge in [0.25, 0.3) is 5.91 Å². The highest BCUT2D eigenvalue weighted by atomic mass is 32.2. The van der Waals surface area contributed by atoms with E-state index in [0.29, 0.717) is 24.0 Å². The summed E-state index contributed by atoms with van der Waals surface area (Å²) in [6.07, 6.45) is 5.83. The van der Waals surface area contributed by atoms with Gasteiger partial charge in [-0.05, 0) is 63.4 Å². The molecule has 1 aromatic carbocycles. The van der Waals surface area contributed by atoms with Gasteiger partial charge in [-0.25, -0.2) is 22.6 Å². The normalized spacial score (nSPS) is 31.6. The summed E-state index contributed by atoms with van der Waals surface area (Å²) in [5, 5.41) is 7.02. The molecule has 4 heterocycles. The van der Waals surface area contributed by atoms with E-state index in [4.69, 9.17) is 18.9 Å². The third kappa shape index (κ3) is 7.63. The number of alkyl carbamates (subject to hydrolysis) is 1. The van der Waals surface area contributed by atoms with E-state index in [1.807, 2.05) is 44.2 Å². The molecule has 17 heteroatoms. The number of methoxy groups -OCH3 is 1. The summed E-state index contributed by atoms with van der Waals surface area (Å²) in [6, 6.07) is 5.05. The smallest absolute Gasteiger partial charge is 0.408 e. The molecule has 2 saturated heterocycles. The van der Waals surface area contributed by atoms with E-state index in [0.717, 1.165) is 11.8 Å². The number of fused-ring (bicyclic) bond motifs is 3. The van der Waals surface area contributed by atoms with Gasteiger partial charge in [0, 0.05) is 23.1 Å². The Balaban J connectivity index is 1.22. The summed E-state index contributed by atoms with van der Waals surface area (Å²) in [7, 11) is -2.85. The molecule has 1 aromatic heterocycles. The number of alkyl halides is 1. The first kappa shape index (κ1) is 39.7. The van der Waals surface area contributed by atoms with Crippen LogP contribution in [0.4, 0.5) is 9.18 Å². The Morgan fingerprint density at radius 3 is 2.52 bits per heavy atom. The van der Waals surface area contributed by atoms with E-state index >= 15 is 0 Å². The highest BCUT2D eigenvalue weighted by molar-refractivity contribution is 7.91. The number of halogens is 1. The molecule has 2 aliphatic carbocycles. The maximum Gasteiger partial charge on any atom is 0.408 e. The highest BCUT2D eigenvalue weighted by Crippen LogP contribution is 2.48. The van der Waals surface area contributed by atoms with Crippen molar-refractivity contribution in [3.05, 3.63) is 42.6 Å². The van der Waals surface area contributed by atoms with E-state index < -0.39 is 80.5 Å². The van der Waals surface area contributed by atoms with Crippen molar-refractivity contribution < 1.29 is 50.9 Å². The second-order valence-electron chi connectivity index (χ2n) is 16.5. The molecule has 4 amide bonds. The van der Waals surface area contributed by atoms with Gasteiger partial charge in [0.05, 0.1) is 33.1 Å². The van der Waals surface area contributed by atoms with Crippen LogP contribution >= 0.6 is 0 Å². The van der Waals surface area contributed by atoms with Crippen LogP contribution in [0.15, 0.2) is 42.6 Å². The van der Waals surface area contributed by atoms with Gasteiger partial charge in [-0.3, -0.25) is 19.1 Å². The van der Waals surface area contributed by atoms with E-state index in [2.05, 4.69) is 20.3 Å². The molecule has 5 aliphatic rings. The average Bonchev–Trinajstić information content (AvgIpc) is 4.06. The molecule has 7 atom stereocenters. The Labute approximate surface area is 325 Å². The lowest BCUT2D eigenvalue weighted by atomic mass is 9.88. The van der Waals surface area contributed by atoms with Crippen molar-refractivity contribution in [1.82, 2.24) is 25.2 Å². The minimum Gasteiger partial charge on any atom is -0.494 e. The van der Waals surface area contributed by atoms with Crippen LogP contribution in [0.1, 0.15) is 65.7 Å². The van der Waals surface area contributed by atoms with Gasteiger partial charge in [-0.15, -0.1) is 0 Å². The summed E-state index contributed by atoms with van der Waals surface area (Å²) >= 11 is 0. The lowest BCUT2D eigenvalue weighted by Crippen LogP contribution is -2.60. The van der Waals surface area contributed by atoms with Crippen molar-refractivity contribution in [2.45, 2.75) is 99.8 Å². The number of carbonyl (C=O) groups excluding carboxylic acids is 4. The quantitative estimate of drug-likeness (QED) is 0.316. The number of aromatic nitrogens is 1. The molecule has 3 aliphatic heterocycles. The Bertz CT molecular complexity index is 2020. The first-order chi connectivity index (χ1) is 26.6. The van der Waals surface area contributed by atoms with Gasteiger partial charge >= 0.3 is 6.09 Å². The topological polar surface area (TPSA) is 192 Å². The van der Waals surface area contributed by atoms with Crippen molar-refractivity contribution in [3.8, 4) is 11.6 Å². The molecule has 4 fully saturated rings. The van der Waals surface area contributed by atoms with Gasteiger partial charge in [-0.1, -0.05) is 44.2 Å². The number of hydrogen-bond donors (Lipinski definition) is 3. The van der Waals surface area contributed by atoms with Crippen LogP contribution in [0, 0.1) is 17.8 Å². The molecule has 3 N–H and O–H groups in total. The van der Waals surface area contributed by atoms with Gasteiger partial charge in [-0.2, -0.15) is 0 Å². The monoisotopic (exact) mass is 799 g/mol. The number of benzene rings is 1. The van der Waals surface area contributed by atoms with Crippen LogP contribution < -0.4 is 24.8 Å². The number of allylic oxidation sites excluding steroid dienone is 1. The molecule has 56 heavy (non-hydrogen) atoms. The Hall–Kier alpha value is -4.51. The minimum atomic E-state index is -4.39. The minimum absolute atomic E-state index is 0.0154. The Morgan fingerprint density at radius 1 is 1.12 bits per heavy atom. The lowest BCUT2D eigenvalue weighted by Gasteiger charge is -2.38. The van der Waals surface area contributed by atoms with Gasteiger partial charge in [0.15, 0.2) is 5.60 Å². The third-order valence-corrected chi connectivity index (χ3v) is 14.0. The molecule has 0 spiro atoms. The van der Waals surface area contributed by atoms with Gasteiger partial charge in [0.2, 0.25) is 27.7 Å². The zero-order valence-electron chi connectivity index (χ0n) is 32.0. The van der Waals surface area contributed by atoms with Crippen LogP contribution in [0.5, 0.6) is 11.6 Å². The molecule has 0 bridgehead atoms. The standard InChI is InChI=1S/C39H50FN5O10S/c1-23-9-5-6-10-25-17-39(25,35(48)44-56(50,51)38(20-40)13-14-38)43-32(46)29-16-26(54-33-28-12-8-7-11-27(28)30(52-4)18-41-33)19-45(29)34(47)31(24(2)15-23)42-36(49)55-37(3)21-53-22-37/h6-8,10-12,18,23-26,29,31H,5,9,13-17,19-22H2,1-4H3,(H,42,49)(H,43,46)(H,44,48)/b10-6-/t23-,24-,25-,26-,29+,31+,39-/m1/s1. The fourth-order valence-electron chi connectivity index (χ4n) is 8.13. The predicted octanol–water partition coefficient (Wildman–Crippen LogP) is 3.31. The maximum absolute atomic E-state index is 14.8. The predicted molar refractivity (Wildman–Crippen MR) is 201 cm³/mol. The number of nitrogens with zero attached hydrogens (tertiary/aromatic N) is 2. The number of carbonyl (C=O) groups is 4. The van der Waals surface area contributed by atoms with E-state index in [1.165, 1.54) is 18.2 Å². The number of ether oxygens (including phenoxy) is 4. The Morgan fingerprint density at radius 2 is 1.86 bits per heavy atom. The largest absolute Gasteiger partial charge is 0.494 e. The summed E-state index contributed by atoms with van der Waals surface area (Å²) < 4.78 is 63.5. The van der Waals surface area contributed by atoms with Crippen LogP contribution in [0.2, 0.25) is 0 Å². The molecule has 0 radical (unpaired) electrons. The van der Waals surface area contributed by atoms with E-state index in [9.17, 15) is 32.0 Å². The molecular formula is C39H50FN5O10S. The van der Waals surface area contributed by atoms with Crippen molar-refractivity contribution in [3.63, 3.8) is 0 Å². The summed E-state index contributed by atoms with van der Waals surface area (Å²) in [5.74, 6) is -2.24. The Kier molecular flexibility index (Phi) is 10.7. The number of rotatable bonds is 9. The van der Waals surface area contributed by atoms with E-state index in [1.54, 1.807) is 13.0 Å². The molecule has 7 rings (SSSR count). The number of sulfonamides is 1. The van der Waals surface area contributed by atoms with Crippen molar-refractivity contribution in [2.75, 3.05) is 33.5 Å². The first-order valence-corrected chi connectivity index (χ1v) is 20.7. The second-order valence-corrected chi connectivity index (χ2v) is 18.5. The molecular weight excluding hydrogens is 750 g/mol. The van der Waals surface area contributed by atoms with Crippen LogP contribution in [0.25, 0.3) is 10.8 Å². The summed E-state index contributed by atoms with van der Waals surface area (Å²) in [6.45, 7) is 4.87. The zero-order chi connectivity index (χ0) is 40.0. The van der Waals surface area contributed by atoms with Crippen LogP contribution in [-0.2, 0) is 33.9 Å². The fraction of sp³-hybridized carbons (Fsp3) is 0.615. The van der Waals surface area contributed by atoms with Crippen molar-refractivity contribution >= 4 is 44.6 Å². The van der Waals surface area contributed by atoms with Crippen molar-refractivity contribution in [2.24, 2.45) is 17.8 Å². The lowest BCUT2D eigenvalue weighted by molar-refractivity contribution is -0.168. The summed E-state index contributed by atoms with van der Waals surface area (Å²) in [4.78, 5) is 62.4. The zero-order valence-corrected chi connectivity index (χ0v) is 32.9. The molecule has 2 aromatic rings. The van der Waals surface area contributed by atoms with E-state index in [-0.39, 0.29) is 63.2 Å². The number of amides is 4. The SMILES string of the molecule is COc1cnc(O[C@@H]2C[C@H]3C(=O)N[C@]4(C(=O)NS(=O)(=O)C5(CF)CC5)C[C@H]4/C=C\CC[C@@H](C)C[C@@H](C)[C@H](NC(=O)OC4(C)COC4)C(=O)N3C2)c2ccccc12. The first-order valence-electron chi connectivity index (χ1n) is 19.2. The van der Waals surface area contributed by atoms with Crippen molar-refractivity contribution in [1.29, 1.82) is 0 Å². The summed E-state index contributed by atoms with van der Waals surface area (Å²) in [5.41, 5.74) is -2.50. The number of pyridine rings is 1. The van der Waals surface area contributed by atoms with Gasteiger partial charge < -0.3 is 34.5 Å². The molecule has 0 unspecified atom stereocenters. The van der Waals surface area contributed by atoms with Crippen LogP contribution in [-0.4, -0.2) is 110 Å². The third-order valence-electron chi connectivity index (χ3n) is 11.9. The average molecular weight is 800 g/mol. The fourth-order valence-corrected chi connectivity index (χ4v) is 9.56.